The fourth-order valence-electron chi connectivity index (χ4n) is 1.39. The molecule has 2 rings (SSSR count). The summed E-state index contributed by atoms with van der Waals surface area (Å²) in [6.07, 6.45) is 0. The number of amides is 1. The molecule has 1 amide bonds. The van der Waals surface area contributed by atoms with Crippen LogP contribution in [0.1, 0.15) is 16.1 Å². The zero-order valence-electron chi connectivity index (χ0n) is 9.59. The average molecular weight is 257 g/mol. The molecule has 0 unspecified atom stereocenters. The zero-order valence-corrected chi connectivity index (χ0v) is 9.59. The van der Waals surface area contributed by atoms with Crippen molar-refractivity contribution in [3.63, 3.8) is 0 Å². The molecule has 0 spiro atoms. The van der Waals surface area contributed by atoms with E-state index in [4.69, 9.17) is 11.0 Å². The summed E-state index contributed by atoms with van der Waals surface area (Å²) in [6.45, 7) is 0. The van der Waals surface area contributed by atoms with Crippen molar-refractivity contribution >= 4 is 17.4 Å². The number of nitrogens with zero attached hydrogens (tertiary/aromatic N) is 3. The molecule has 0 radical (unpaired) electrons. The molecular formula is C12H8FN5O. The van der Waals surface area contributed by atoms with Gasteiger partial charge >= 0.3 is 0 Å². The number of nitrogens with one attached hydrogen (secondary N) is 1. The molecule has 0 fully saturated rings. The maximum Gasteiger partial charge on any atom is 0.276 e. The van der Waals surface area contributed by atoms with Crippen molar-refractivity contribution < 1.29 is 9.18 Å². The third kappa shape index (κ3) is 2.63. The summed E-state index contributed by atoms with van der Waals surface area (Å²) < 4.78 is 13.3. The number of hydrogen-bond acceptors (Lipinski definition) is 5. The fourth-order valence-corrected chi connectivity index (χ4v) is 1.39. The molecule has 94 valence electrons. The minimum absolute atomic E-state index is 0.0161. The highest BCUT2D eigenvalue weighted by atomic mass is 19.1. The van der Waals surface area contributed by atoms with Crippen LogP contribution < -0.4 is 11.1 Å². The van der Waals surface area contributed by atoms with Crippen LogP contribution in [-0.2, 0) is 0 Å². The molecule has 1 aromatic heterocycles. The molecule has 3 N–H and O–H groups in total. The highest BCUT2D eigenvalue weighted by molar-refractivity contribution is 6.03. The Balaban J connectivity index is 2.27. The van der Waals surface area contributed by atoms with Crippen LogP contribution in [0.5, 0.6) is 0 Å². The van der Waals surface area contributed by atoms with Crippen LogP contribution in [0, 0.1) is 17.1 Å². The van der Waals surface area contributed by atoms with Gasteiger partial charge in [0.15, 0.2) is 5.69 Å². The van der Waals surface area contributed by atoms with Crippen molar-refractivity contribution in [3.05, 3.63) is 47.4 Å². The number of hydrogen-bond donors (Lipinski definition) is 2. The Bertz CT molecular complexity index is 663. The number of carbonyl (C=O) groups is 1. The van der Waals surface area contributed by atoms with Crippen LogP contribution in [0.4, 0.5) is 15.9 Å². The summed E-state index contributed by atoms with van der Waals surface area (Å²) in [6, 6.07) is 8.42. The minimum atomic E-state index is -0.705. The average Bonchev–Trinajstić information content (AvgIpc) is 2.39. The summed E-state index contributed by atoms with van der Waals surface area (Å²) >= 11 is 0. The predicted octanol–water partition coefficient (Wildman–Crippen LogP) is 1.32. The maximum atomic E-state index is 13.3. The van der Waals surface area contributed by atoms with Gasteiger partial charge in [0.2, 0.25) is 0 Å². The molecule has 0 bridgehead atoms. The lowest BCUT2D eigenvalue weighted by atomic mass is 10.2. The standard InChI is InChI=1S/C12H8FN5O/c13-8-2-1-3-9(7(8)6-14)16-12(19)10-4-5-11(15)18-17-10/h1-5H,(H2,15,18)(H,16,19). The van der Waals surface area contributed by atoms with E-state index >= 15 is 0 Å². The first kappa shape index (κ1) is 12.4. The van der Waals surface area contributed by atoms with Gasteiger partial charge in [0, 0.05) is 0 Å². The van der Waals surface area contributed by atoms with Gasteiger partial charge in [-0.05, 0) is 24.3 Å². The van der Waals surface area contributed by atoms with Crippen molar-refractivity contribution in [2.75, 3.05) is 11.1 Å². The van der Waals surface area contributed by atoms with Gasteiger partial charge in [0.1, 0.15) is 23.3 Å². The lowest BCUT2D eigenvalue weighted by Crippen LogP contribution is -2.15. The van der Waals surface area contributed by atoms with Crippen molar-refractivity contribution in [1.82, 2.24) is 10.2 Å². The topological polar surface area (TPSA) is 105 Å². The van der Waals surface area contributed by atoms with Gasteiger partial charge in [-0.15, -0.1) is 10.2 Å². The monoisotopic (exact) mass is 257 g/mol. The lowest BCUT2D eigenvalue weighted by molar-refractivity contribution is 0.102. The zero-order chi connectivity index (χ0) is 13.8. The first-order valence-electron chi connectivity index (χ1n) is 5.21. The molecule has 0 aliphatic carbocycles. The largest absolute Gasteiger partial charge is 0.382 e. The van der Waals surface area contributed by atoms with E-state index in [-0.39, 0.29) is 22.8 Å². The quantitative estimate of drug-likeness (QED) is 0.844. The number of nitrogen functional groups attached to an aromatic ring is 1. The number of carbonyl (C=O) groups excluding carboxylic acids is 1. The maximum absolute atomic E-state index is 13.3. The summed E-state index contributed by atoms with van der Waals surface area (Å²) in [4.78, 5) is 11.8. The summed E-state index contributed by atoms with van der Waals surface area (Å²) in [5, 5.41) is 18.3. The van der Waals surface area contributed by atoms with E-state index in [1.807, 2.05) is 0 Å². The molecule has 2 aromatic rings. The number of aromatic nitrogens is 2. The van der Waals surface area contributed by atoms with Gasteiger partial charge in [-0.25, -0.2) is 4.39 Å². The number of rotatable bonds is 2. The first-order valence-corrected chi connectivity index (χ1v) is 5.21. The normalized spacial score (nSPS) is 9.68. The molecule has 1 aromatic carbocycles. The van der Waals surface area contributed by atoms with Crippen LogP contribution in [0.3, 0.4) is 0 Å². The highest BCUT2D eigenvalue weighted by Gasteiger charge is 2.13. The van der Waals surface area contributed by atoms with Crippen molar-refractivity contribution in [1.29, 1.82) is 5.26 Å². The number of halogens is 1. The highest BCUT2D eigenvalue weighted by Crippen LogP contribution is 2.18. The first-order chi connectivity index (χ1) is 9.11. The number of nitriles is 1. The van der Waals surface area contributed by atoms with Gasteiger partial charge in [0.25, 0.3) is 5.91 Å². The van der Waals surface area contributed by atoms with Crippen molar-refractivity contribution in [2.24, 2.45) is 0 Å². The second-order valence-corrected chi connectivity index (χ2v) is 3.57. The van der Waals surface area contributed by atoms with Crippen LogP contribution in [-0.4, -0.2) is 16.1 Å². The molecule has 0 saturated carbocycles. The Hall–Kier alpha value is -3.01. The van der Waals surface area contributed by atoms with Gasteiger partial charge in [-0.3, -0.25) is 4.79 Å². The fraction of sp³-hybridized carbons (Fsp3) is 0. The molecule has 7 heteroatoms. The van der Waals surface area contributed by atoms with Crippen LogP contribution in [0.15, 0.2) is 30.3 Å². The Morgan fingerprint density at radius 1 is 1.32 bits per heavy atom. The van der Waals surface area contributed by atoms with E-state index < -0.39 is 11.7 Å². The van der Waals surface area contributed by atoms with E-state index in [1.54, 1.807) is 6.07 Å². The molecule has 0 aliphatic heterocycles. The second-order valence-electron chi connectivity index (χ2n) is 3.57. The molecular weight excluding hydrogens is 249 g/mol. The van der Waals surface area contributed by atoms with E-state index in [1.165, 1.54) is 24.3 Å². The van der Waals surface area contributed by atoms with E-state index in [9.17, 15) is 9.18 Å². The molecule has 1 heterocycles. The third-order valence-electron chi connectivity index (χ3n) is 2.29. The SMILES string of the molecule is N#Cc1c(F)cccc1NC(=O)c1ccc(N)nn1. The van der Waals surface area contributed by atoms with E-state index in [0.29, 0.717) is 0 Å². The number of benzene rings is 1. The summed E-state index contributed by atoms with van der Waals surface area (Å²) in [7, 11) is 0. The van der Waals surface area contributed by atoms with Crippen LogP contribution >= 0.6 is 0 Å². The van der Waals surface area contributed by atoms with Crippen LogP contribution in [0.2, 0.25) is 0 Å². The molecule has 0 saturated heterocycles. The van der Waals surface area contributed by atoms with Gasteiger partial charge in [0.05, 0.1) is 5.69 Å². The Morgan fingerprint density at radius 3 is 2.74 bits per heavy atom. The number of anilines is 2. The third-order valence-corrected chi connectivity index (χ3v) is 2.29. The van der Waals surface area contributed by atoms with E-state index in [2.05, 4.69) is 15.5 Å². The Morgan fingerprint density at radius 2 is 2.11 bits per heavy atom. The van der Waals surface area contributed by atoms with Gasteiger partial charge in [-0.2, -0.15) is 5.26 Å². The predicted molar refractivity (Wildman–Crippen MR) is 65.5 cm³/mol. The Labute approximate surface area is 107 Å². The minimum Gasteiger partial charge on any atom is -0.382 e. The van der Waals surface area contributed by atoms with Gasteiger partial charge in [-0.1, -0.05) is 6.07 Å². The molecule has 0 aliphatic rings. The lowest BCUT2D eigenvalue weighted by Gasteiger charge is -2.06. The molecule has 19 heavy (non-hydrogen) atoms. The second kappa shape index (κ2) is 5.10. The summed E-state index contributed by atoms with van der Waals surface area (Å²) in [5.74, 6) is -1.13. The summed E-state index contributed by atoms with van der Waals surface area (Å²) in [5.41, 5.74) is 5.20. The van der Waals surface area contributed by atoms with Crippen molar-refractivity contribution in [2.45, 2.75) is 0 Å². The molecule has 0 atom stereocenters. The smallest absolute Gasteiger partial charge is 0.276 e. The van der Waals surface area contributed by atoms with Gasteiger partial charge < -0.3 is 11.1 Å². The molecule has 6 nitrogen and oxygen atoms in total. The number of nitrogens with two attached hydrogens (primary N) is 1. The van der Waals surface area contributed by atoms with Crippen molar-refractivity contribution in [3.8, 4) is 6.07 Å². The van der Waals surface area contributed by atoms with E-state index in [0.717, 1.165) is 6.07 Å². The Kier molecular flexibility index (Phi) is 3.34. The van der Waals surface area contributed by atoms with Crippen LogP contribution in [0.25, 0.3) is 0 Å².